The molecule has 0 aromatic heterocycles. The van der Waals surface area contributed by atoms with Crippen molar-refractivity contribution in [1.82, 2.24) is 4.90 Å². The zero-order chi connectivity index (χ0) is 11.8. The zero-order valence-electron chi connectivity index (χ0n) is 10.5. The predicted octanol–water partition coefficient (Wildman–Crippen LogP) is 1.80. The number of aliphatic hydroxyl groups excluding tert-OH is 1. The summed E-state index contributed by atoms with van der Waals surface area (Å²) >= 11 is 0. The van der Waals surface area contributed by atoms with Crippen molar-refractivity contribution in [3.63, 3.8) is 0 Å². The molecule has 3 saturated carbocycles. The maximum absolute atomic E-state index is 12.5. The molecule has 96 valence electrons. The smallest absolute Gasteiger partial charge is 0.226 e. The molecule has 0 spiro atoms. The number of hydrogen-bond acceptors (Lipinski definition) is 2. The van der Waals surface area contributed by atoms with Crippen LogP contribution >= 0.6 is 0 Å². The summed E-state index contributed by atoms with van der Waals surface area (Å²) in [5.74, 6) is 2.07. The minimum absolute atomic E-state index is 0.115. The Hall–Kier alpha value is -0.570. The highest BCUT2D eigenvalue weighted by molar-refractivity contribution is 5.82. The van der Waals surface area contributed by atoms with Crippen molar-refractivity contribution < 1.29 is 9.90 Å². The number of amides is 1. The Labute approximate surface area is 103 Å². The molecule has 3 aliphatic rings. The van der Waals surface area contributed by atoms with E-state index in [1.807, 2.05) is 4.90 Å². The second-order valence-corrected chi connectivity index (χ2v) is 5.98. The van der Waals surface area contributed by atoms with Gasteiger partial charge in [-0.3, -0.25) is 4.79 Å². The van der Waals surface area contributed by atoms with E-state index in [-0.39, 0.29) is 6.61 Å². The highest BCUT2D eigenvalue weighted by atomic mass is 16.3. The number of carbonyl (C=O) groups excluding carboxylic acids is 1. The highest BCUT2D eigenvalue weighted by Gasteiger charge is 2.56. The Morgan fingerprint density at radius 1 is 1.06 bits per heavy atom. The highest BCUT2D eigenvalue weighted by Crippen LogP contribution is 2.56. The standard InChI is InChI=1S/C14H23NO2/c16-9-8-15(10-4-3-5-10)14(17)13-11-6-1-2-7-12(11)13/h10-13,16H,1-9H2. The fourth-order valence-electron chi connectivity index (χ4n) is 3.83. The molecule has 0 aromatic carbocycles. The van der Waals surface area contributed by atoms with E-state index in [1.165, 1.54) is 32.1 Å². The molecule has 3 fully saturated rings. The second-order valence-electron chi connectivity index (χ2n) is 5.98. The van der Waals surface area contributed by atoms with Crippen molar-refractivity contribution in [1.29, 1.82) is 0 Å². The molecular weight excluding hydrogens is 214 g/mol. The minimum atomic E-state index is 0.115. The van der Waals surface area contributed by atoms with Gasteiger partial charge in [-0.1, -0.05) is 12.8 Å². The van der Waals surface area contributed by atoms with E-state index in [0.29, 0.717) is 36.2 Å². The first-order valence-electron chi connectivity index (χ1n) is 7.24. The molecule has 0 radical (unpaired) electrons. The Morgan fingerprint density at radius 3 is 2.18 bits per heavy atom. The first kappa shape index (κ1) is 11.5. The Kier molecular flexibility index (Phi) is 3.12. The van der Waals surface area contributed by atoms with Gasteiger partial charge in [0.15, 0.2) is 0 Å². The SMILES string of the molecule is O=C(C1C2CCCCC21)N(CCO)C1CCC1. The van der Waals surface area contributed by atoms with Crippen LogP contribution in [-0.4, -0.2) is 35.1 Å². The van der Waals surface area contributed by atoms with Crippen molar-refractivity contribution >= 4 is 5.91 Å². The van der Waals surface area contributed by atoms with Crippen LogP contribution < -0.4 is 0 Å². The van der Waals surface area contributed by atoms with Crippen LogP contribution in [0.15, 0.2) is 0 Å². The van der Waals surface area contributed by atoms with Crippen molar-refractivity contribution in [2.45, 2.75) is 51.0 Å². The number of hydrogen-bond donors (Lipinski definition) is 1. The first-order chi connectivity index (χ1) is 8.33. The van der Waals surface area contributed by atoms with Gasteiger partial charge in [0, 0.05) is 18.5 Å². The quantitative estimate of drug-likeness (QED) is 0.810. The fourth-order valence-corrected chi connectivity index (χ4v) is 3.83. The van der Waals surface area contributed by atoms with Crippen LogP contribution in [0.4, 0.5) is 0 Å². The molecule has 3 aliphatic carbocycles. The minimum Gasteiger partial charge on any atom is -0.395 e. The van der Waals surface area contributed by atoms with Gasteiger partial charge in [0.25, 0.3) is 0 Å². The summed E-state index contributed by atoms with van der Waals surface area (Å²) in [4.78, 5) is 14.5. The van der Waals surface area contributed by atoms with E-state index < -0.39 is 0 Å². The molecule has 1 amide bonds. The van der Waals surface area contributed by atoms with E-state index in [4.69, 9.17) is 5.11 Å². The number of fused-ring (bicyclic) bond motifs is 1. The Balaban J connectivity index is 1.63. The molecule has 0 aromatic rings. The largest absolute Gasteiger partial charge is 0.395 e. The van der Waals surface area contributed by atoms with Crippen molar-refractivity contribution in [2.75, 3.05) is 13.2 Å². The molecule has 1 N–H and O–H groups in total. The van der Waals surface area contributed by atoms with Crippen molar-refractivity contribution in [2.24, 2.45) is 17.8 Å². The lowest BCUT2D eigenvalue weighted by atomic mass is 9.91. The predicted molar refractivity (Wildman–Crippen MR) is 65.4 cm³/mol. The maximum atomic E-state index is 12.5. The number of aliphatic hydroxyl groups is 1. The second kappa shape index (κ2) is 4.60. The van der Waals surface area contributed by atoms with E-state index >= 15 is 0 Å². The average molecular weight is 237 g/mol. The monoisotopic (exact) mass is 237 g/mol. The summed E-state index contributed by atoms with van der Waals surface area (Å²) in [5, 5.41) is 9.12. The van der Waals surface area contributed by atoms with Crippen LogP contribution in [0.25, 0.3) is 0 Å². The van der Waals surface area contributed by atoms with Gasteiger partial charge in [-0.15, -0.1) is 0 Å². The number of carbonyl (C=O) groups is 1. The number of nitrogens with zero attached hydrogens (tertiary/aromatic N) is 1. The van der Waals surface area contributed by atoms with Crippen LogP contribution in [0.2, 0.25) is 0 Å². The van der Waals surface area contributed by atoms with Crippen LogP contribution in [-0.2, 0) is 4.79 Å². The molecule has 2 unspecified atom stereocenters. The molecule has 2 atom stereocenters. The molecule has 0 aliphatic heterocycles. The Bertz CT molecular complexity index is 289. The van der Waals surface area contributed by atoms with Gasteiger partial charge in [-0.05, 0) is 43.9 Å². The van der Waals surface area contributed by atoms with Gasteiger partial charge in [0.1, 0.15) is 0 Å². The third-order valence-corrected chi connectivity index (χ3v) is 5.08. The first-order valence-corrected chi connectivity index (χ1v) is 7.24. The number of rotatable bonds is 4. The molecule has 17 heavy (non-hydrogen) atoms. The van der Waals surface area contributed by atoms with E-state index in [2.05, 4.69) is 0 Å². The molecule has 3 heteroatoms. The third-order valence-electron chi connectivity index (χ3n) is 5.08. The van der Waals surface area contributed by atoms with Gasteiger partial charge in [0.05, 0.1) is 6.61 Å². The summed E-state index contributed by atoms with van der Waals surface area (Å²) in [7, 11) is 0. The lowest BCUT2D eigenvalue weighted by Crippen LogP contribution is -2.46. The van der Waals surface area contributed by atoms with E-state index in [0.717, 1.165) is 12.8 Å². The fraction of sp³-hybridized carbons (Fsp3) is 0.929. The van der Waals surface area contributed by atoms with Crippen molar-refractivity contribution in [3.05, 3.63) is 0 Å². The maximum Gasteiger partial charge on any atom is 0.226 e. The van der Waals surface area contributed by atoms with Gasteiger partial charge < -0.3 is 10.0 Å². The summed E-state index contributed by atoms with van der Waals surface area (Å²) in [6.07, 6.45) is 8.69. The van der Waals surface area contributed by atoms with Crippen molar-refractivity contribution in [3.8, 4) is 0 Å². The molecule has 3 rings (SSSR count). The lowest BCUT2D eigenvalue weighted by Gasteiger charge is -2.37. The molecule has 3 nitrogen and oxygen atoms in total. The summed E-state index contributed by atoms with van der Waals surface area (Å²) < 4.78 is 0. The zero-order valence-corrected chi connectivity index (χ0v) is 10.5. The summed E-state index contributed by atoms with van der Waals surface area (Å²) in [6.45, 7) is 0.670. The summed E-state index contributed by atoms with van der Waals surface area (Å²) in [6, 6.07) is 0.442. The van der Waals surface area contributed by atoms with Crippen LogP contribution in [0.1, 0.15) is 44.9 Å². The van der Waals surface area contributed by atoms with E-state index in [1.54, 1.807) is 0 Å². The molecule has 0 heterocycles. The Morgan fingerprint density at radius 2 is 1.71 bits per heavy atom. The topological polar surface area (TPSA) is 40.5 Å². The average Bonchev–Trinajstić information content (AvgIpc) is 2.99. The van der Waals surface area contributed by atoms with Gasteiger partial charge in [0.2, 0.25) is 5.91 Å². The molecule has 0 bridgehead atoms. The third kappa shape index (κ3) is 1.99. The van der Waals surface area contributed by atoms with Gasteiger partial charge in [-0.25, -0.2) is 0 Å². The summed E-state index contributed by atoms with van der Waals surface area (Å²) in [5.41, 5.74) is 0. The lowest BCUT2D eigenvalue weighted by molar-refractivity contribution is -0.138. The van der Waals surface area contributed by atoms with Crippen LogP contribution in [0.3, 0.4) is 0 Å². The van der Waals surface area contributed by atoms with Crippen LogP contribution in [0.5, 0.6) is 0 Å². The van der Waals surface area contributed by atoms with E-state index in [9.17, 15) is 4.79 Å². The molecule has 0 saturated heterocycles. The van der Waals surface area contributed by atoms with Crippen LogP contribution in [0, 0.1) is 17.8 Å². The normalized spacial score (nSPS) is 35.9. The molecular formula is C14H23NO2. The van der Waals surface area contributed by atoms with Gasteiger partial charge in [-0.2, -0.15) is 0 Å². The van der Waals surface area contributed by atoms with Gasteiger partial charge >= 0.3 is 0 Å².